The lowest BCUT2D eigenvalue weighted by Crippen LogP contribution is -2.33. The van der Waals surface area contributed by atoms with Crippen LogP contribution >= 0.6 is 0 Å². The number of carbonyl (C=O) groups is 1. The largest absolute Gasteiger partial charge is 0.370 e. The van der Waals surface area contributed by atoms with Crippen molar-refractivity contribution in [2.75, 3.05) is 6.54 Å². The zero-order valence-electron chi connectivity index (χ0n) is 8.86. The first-order chi connectivity index (χ1) is 6.45. The van der Waals surface area contributed by atoms with Crippen LogP contribution in [-0.2, 0) is 4.79 Å². The molecule has 0 aliphatic carbocycles. The summed E-state index contributed by atoms with van der Waals surface area (Å²) < 4.78 is 0. The van der Waals surface area contributed by atoms with E-state index in [9.17, 15) is 4.79 Å². The predicted molar refractivity (Wildman–Crippen MR) is 57.7 cm³/mol. The van der Waals surface area contributed by atoms with E-state index < -0.39 is 0 Å². The molecular weight excluding hydrogens is 180 g/mol. The number of Topliss-reactive ketones (excluding diaryl/α,β-unsaturated/α-hetero) is 1. The van der Waals surface area contributed by atoms with Gasteiger partial charge in [0, 0.05) is 12.5 Å². The van der Waals surface area contributed by atoms with Gasteiger partial charge in [-0.3, -0.25) is 9.79 Å². The molecule has 0 fully saturated rings. The average Bonchev–Trinajstić information content (AvgIpc) is 2.10. The highest BCUT2D eigenvalue weighted by atomic mass is 16.1. The summed E-state index contributed by atoms with van der Waals surface area (Å²) in [6.45, 7) is 4.22. The number of aliphatic imine (C=N–C) groups is 1. The molecule has 0 spiro atoms. The number of carbonyl (C=O) groups excluding carboxylic acids is 1. The van der Waals surface area contributed by atoms with Crippen LogP contribution in [0.1, 0.15) is 26.7 Å². The fourth-order valence-electron chi connectivity index (χ4n) is 1.09. The van der Waals surface area contributed by atoms with Crippen molar-refractivity contribution < 1.29 is 4.79 Å². The van der Waals surface area contributed by atoms with Crippen LogP contribution < -0.4 is 17.2 Å². The second-order valence-electron chi connectivity index (χ2n) is 3.61. The van der Waals surface area contributed by atoms with Gasteiger partial charge in [-0.1, -0.05) is 13.8 Å². The van der Waals surface area contributed by atoms with Crippen LogP contribution in [0.5, 0.6) is 0 Å². The molecule has 5 nitrogen and oxygen atoms in total. The Morgan fingerprint density at radius 1 is 1.36 bits per heavy atom. The van der Waals surface area contributed by atoms with Crippen LogP contribution in [0.15, 0.2) is 4.99 Å². The maximum Gasteiger partial charge on any atom is 0.185 e. The normalized spacial score (nSPS) is 12.6. The average molecular weight is 200 g/mol. The lowest BCUT2D eigenvalue weighted by molar-refractivity contribution is -0.123. The third-order valence-electron chi connectivity index (χ3n) is 1.90. The van der Waals surface area contributed by atoms with E-state index in [1.165, 1.54) is 0 Å². The summed E-state index contributed by atoms with van der Waals surface area (Å²) in [5.41, 5.74) is 16.0. The van der Waals surface area contributed by atoms with E-state index in [0.717, 1.165) is 6.42 Å². The van der Waals surface area contributed by atoms with Gasteiger partial charge in [-0.2, -0.15) is 0 Å². The van der Waals surface area contributed by atoms with Gasteiger partial charge in [-0.15, -0.1) is 0 Å². The lowest BCUT2D eigenvalue weighted by atomic mass is 9.99. The lowest BCUT2D eigenvalue weighted by Gasteiger charge is -2.11. The molecule has 1 atom stereocenters. The molecule has 6 N–H and O–H groups in total. The molecule has 0 bridgehead atoms. The van der Waals surface area contributed by atoms with E-state index in [1.54, 1.807) is 0 Å². The molecular formula is C9H20N4O. The Kier molecular flexibility index (Phi) is 5.87. The fraction of sp³-hybridized carbons (Fsp3) is 0.778. The van der Waals surface area contributed by atoms with E-state index in [1.807, 2.05) is 13.8 Å². The van der Waals surface area contributed by atoms with E-state index >= 15 is 0 Å². The van der Waals surface area contributed by atoms with Crippen LogP contribution in [0.25, 0.3) is 0 Å². The minimum absolute atomic E-state index is 0.00641. The zero-order chi connectivity index (χ0) is 11.1. The van der Waals surface area contributed by atoms with Gasteiger partial charge < -0.3 is 17.2 Å². The van der Waals surface area contributed by atoms with Gasteiger partial charge in [0.15, 0.2) is 11.7 Å². The van der Waals surface area contributed by atoms with Gasteiger partial charge >= 0.3 is 0 Å². The van der Waals surface area contributed by atoms with Crippen LogP contribution in [0.4, 0.5) is 0 Å². The SMILES string of the molecule is CC(C)C(=O)[C@@H](N)CCCN=C(N)N. The third kappa shape index (κ3) is 5.53. The smallest absolute Gasteiger partial charge is 0.185 e. The number of guanidine groups is 1. The fourth-order valence-corrected chi connectivity index (χ4v) is 1.09. The molecule has 14 heavy (non-hydrogen) atoms. The summed E-state index contributed by atoms with van der Waals surface area (Å²) in [5.74, 6) is 0.163. The first-order valence-corrected chi connectivity index (χ1v) is 4.79. The quantitative estimate of drug-likeness (QED) is 0.308. The number of rotatable bonds is 6. The Morgan fingerprint density at radius 2 is 1.93 bits per heavy atom. The summed E-state index contributed by atoms with van der Waals surface area (Å²) in [5, 5.41) is 0. The van der Waals surface area contributed by atoms with Gasteiger partial charge in [0.25, 0.3) is 0 Å². The second kappa shape index (κ2) is 6.37. The highest BCUT2D eigenvalue weighted by Gasteiger charge is 2.15. The maximum absolute atomic E-state index is 11.4. The van der Waals surface area contributed by atoms with Crippen molar-refractivity contribution in [2.24, 2.45) is 28.1 Å². The van der Waals surface area contributed by atoms with Gasteiger partial charge in [0.2, 0.25) is 0 Å². The van der Waals surface area contributed by atoms with E-state index in [4.69, 9.17) is 17.2 Å². The van der Waals surface area contributed by atoms with Gasteiger partial charge in [-0.05, 0) is 12.8 Å². The van der Waals surface area contributed by atoms with Crippen molar-refractivity contribution >= 4 is 11.7 Å². The van der Waals surface area contributed by atoms with Crippen LogP contribution in [0.3, 0.4) is 0 Å². The summed E-state index contributed by atoms with van der Waals surface area (Å²) in [4.78, 5) is 15.2. The number of hydrogen-bond donors (Lipinski definition) is 3. The third-order valence-corrected chi connectivity index (χ3v) is 1.90. The topological polar surface area (TPSA) is 107 Å². The van der Waals surface area contributed by atoms with E-state index in [0.29, 0.717) is 13.0 Å². The predicted octanol–water partition coefficient (Wildman–Crippen LogP) is -0.408. The summed E-state index contributed by atoms with van der Waals surface area (Å²) in [6.07, 6.45) is 1.37. The minimum atomic E-state index is -0.385. The molecule has 0 unspecified atom stereocenters. The highest BCUT2D eigenvalue weighted by molar-refractivity contribution is 5.85. The Hall–Kier alpha value is -1.10. The van der Waals surface area contributed by atoms with Crippen molar-refractivity contribution in [1.29, 1.82) is 0 Å². The second-order valence-corrected chi connectivity index (χ2v) is 3.61. The minimum Gasteiger partial charge on any atom is -0.370 e. The molecule has 0 heterocycles. The summed E-state index contributed by atoms with van der Waals surface area (Å²) >= 11 is 0. The Bertz CT molecular complexity index is 209. The Balaban J connectivity index is 3.69. The van der Waals surface area contributed by atoms with Crippen molar-refractivity contribution in [3.05, 3.63) is 0 Å². The maximum atomic E-state index is 11.4. The molecule has 0 aliphatic heterocycles. The molecule has 0 aliphatic rings. The Morgan fingerprint density at radius 3 is 2.36 bits per heavy atom. The van der Waals surface area contributed by atoms with Gasteiger partial charge in [-0.25, -0.2) is 0 Å². The molecule has 0 radical (unpaired) electrons. The molecule has 0 saturated carbocycles. The van der Waals surface area contributed by atoms with Crippen molar-refractivity contribution in [1.82, 2.24) is 0 Å². The van der Waals surface area contributed by atoms with Crippen molar-refractivity contribution in [3.8, 4) is 0 Å². The van der Waals surface area contributed by atoms with Crippen LogP contribution in [0, 0.1) is 5.92 Å². The zero-order valence-corrected chi connectivity index (χ0v) is 8.86. The molecule has 0 aromatic heterocycles. The first kappa shape index (κ1) is 12.9. The standard InChI is InChI=1S/C9H20N4O/c1-6(2)8(14)7(10)4-3-5-13-9(11)12/h6-7H,3-5,10H2,1-2H3,(H4,11,12,13)/t7-/m0/s1. The summed E-state index contributed by atoms with van der Waals surface area (Å²) in [7, 11) is 0. The summed E-state index contributed by atoms with van der Waals surface area (Å²) in [6, 6.07) is -0.385. The molecule has 82 valence electrons. The molecule has 5 heteroatoms. The number of hydrogen-bond acceptors (Lipinski definition) is 3. The van der Waals surface area contributed by atoms with Gasteiger partial charge in [0.1, 0.15) is 0 Å². The Labute approximate surface area is 84.7 Å². The van der Waals surface area contributed by atoms with Crippen molar-refractivity contribution in [2.45, 2.75) is 32.7 Å². The van der Waals surface area contributed by atoms with E-state index in [-0.39, 0.29) is 23.7 Å². The molecule has 0 amide bonds. The number of nitrogens with zero attached hydrogens (tertiary/aromatic N) is 1. The van der Waals surface area contributed by atoms with Crippen molar-refractivity contribution in [3.63, 3.8) is 0 Å². The number of nitrogens with two attached hydrogens (primary N) is 3. The molecule has 0 rings (SSSR count). The molecule has 0 aromatic carbocycles. The van der Waals surface area contributed by atoms with Gasteiger partial charge in [0.05, 0.1) is 6.04 Å². The van der Waals surface area contributed by atoms with Crippen LogP contribution in [0.2, 0.25) is 0 Å². The molecule has 0 saturated heterocycles. The van der Waals surface area contributed by atoms with Crippen LogP contribution in [-0.4, -0.2) is 24.3 Å². The number of ketones is 1. The van der Waals surface area contributed by atoms with E-state index in [2.05, 4.69) is 4.99 Å². The highest BCUT2D eigenvalue weighted by Crippen LogP contribution is 2.03. The first-order valence-electron chi connectivity index (χ1n) is 4.79. The monoisotopic (exact) mass is 200 g/mol. The molecule has 0 aromatic rings.